The number of fused-ring (bicyclic) bond motifs is 1. The van der Waals surface area contributed by atoms with Gasteiger partial charge in [0.2, 0.25) is 5.82 Å². The van der Waals surface area contributed by atoms with E-state index in [1.165, 1.54) is 15.6 Å². The lowest BCUT2D eigenvalue weighted by Gasteiger charge is -2.11. The van der Waals surface area contributed by atoms with Crippen LogP contribution in [-0.2, 0) is 19.0 Å². The molecule has 0 aliphatic heterocycles. The van der Waals surface area contributed by atoms with Gasteiger partial charge in [0.25, 0.3) is 0 Å². The Balaban J connectivity index is 1.91. The van der Waals surface area contributed by atoms with Crippen molar-refractivity contribution in [2.45, 2.75) is 11.9 Å². The molecular weight excluding hydrogens is 320 g/mol. The van der Waals surface area contributed by atoms with Gasteiger partial charge in [0.05, 0.1) is 7.05 Å². The molecule has 0 fully saturated rings. The SMILES string of the molecule is Cn1nnc(COc2ccc3ccccc3c2CBr)n1. The molecule has 0 saturated carbocycles. The van der Waals surface area contributed by atoms with Crippen LogP contribution in [0.1, 0.15) is 11.4 Å². The fourth-order valence-electron chi connectivity index (χ4n) is 2.11. The Kier molecular flexibility index (Phi) is 3.64. The molecule has 0 amide bonds. The number of nitrogens with zero attached hydrogens (tertiary/aromatic N) is 4. The minimum atomic E-state index is 0.312. The largest absolute Gasteiger partial charge is 0.485 e. The van der Waals surface area contributed by atoms with Crippen molar-refractivity contribution in [3.63, 3.8) is 0 Å². The molecule has 0 saturated heterocycles. The number of aryl methyl sites for hydroxylation is 1. The highest BCUT2D eigenvalue weighted by atomic mass is 79.9. The first-order valence-corrected chi connectivity index (χ1v) is 7.32. The van der Waals surface area contributed by atoms with Gasteiger partial charge in [0, 0.05) is 10.9 Å². The molecule has 1 heterocycles. The van der Waals surface area contributed by atoms with Crippen molar-refractivity contribution in [2.75, 3.05) is 0 Å². The standard InChI is InChI=1S/C14H13BrN4O/c1-19-17-14(16-18-19)9-20-13-7-6-10-4-2-3-5-11(10)12(13)8-15/h2-7H,8-9H2,1H3. The van der Waals surface area contributed by atoms with Crippen LogP contribution in [-0.4, -0.2) is 20.2 Å². The van der Waals surface area contributed by atoms with E-state index in [0.717, 1.165) is 16.6 Å². The Morgan fingerprint density at radius 3 is 2.80 bits per heavy atom. The van der Waals surface area contributed by atoms with E-state index in [9.17, 15) is 0 Å². The minimum Gasteiger partial charge on any atom is -0.485 e. The number of benzene rings is 2. The Bertz CT molecular complexity index is 741. The van der Waals surface area contributed by atoms with Gasteiger partial charge in [-0.1, -0.05) is 46.3 Å². The van der Waals surface area contributed by atoms with E-state index in [1.807, 2.05) is 18.2 Å². The molecule has 0 aliphatic carbocycles. The number of halogens is 1. The molecule has 1 aromatic heterocycles. The number of hydrogen-bond acceptors (Lipinski definition) is 4. The normalized spacial score (nSPS) is 10.9. The van der Waals surface area contributed by atoms with Crippen LogP contribution in [0.4, 0.5) is 0 Å². The average molecular weight is 333 g/mol. The van der Waals surface area contributed by atoms with E-state index in [0.29, 0.717) is 12.4 Å². The minimum absolute atomic E-state index is 0.312. The summed E-state index contributed by atoms with van der Waals surface area (Å²) in [5.41, 5.74) is 1.13. The fourth-order valence-corrected chi connectivity index (χ4v) is 2.69. The quantitative estimate of drug-likeness (QED) is 0.689. The summed E-state index contributed by atoms with van der Waals surface area (Å²) in [7, 11) is 1.73. The summed E-state index contributed by atoms with van der Waals surface area (Å²) in [6, 6.07) is 12.3. The van der Waals surface area contributed by atoms with Gasteiger partial charge in [-0.05, 0) is 22.1 Å². The third-order valence-corrected chi connectivity index (χ3v) is 3.60. The molecule has 20 heavy (non-hydrogen) atoms. The Labute approximate surface area is 124 Å². The second-order valence-electron chi connectivity index (χ2n) is 4.38. The van der Waals surface area contributed by atoms with Crippen LogP contribution in [0.2, 0.25) is 0 Å². The maximum absolute atomic E-state index is 5.83. The molecule has 0 unspecified atom stereocenters. The van der Waals surface area contributed by atoms with Gasteiger partial charge in [-0.15, -0.1) is 10.2 Å². The Morgan fingerprint density at radius 1 is 1.20 bits per heavy atom. The summed E-state index contributed by atoms with van der Waals surface area (Å²) in [6.45, 7) is 0.312. The maximum Gasteiger partial charge on any atom is 0.212 e. The third-order valence-electron chi connectivity index (χ3n) is 3.04. The van der Waals surface area contributed by atoms with Crippen LogP contribution in [0.3, 0.4) is 0 Å². The summed E-state index contributed by atoms with van der Waals surface area (Å²) in [5.74, 6) is 1.41. The van der Waals surface area contributed by atoms with Gasteiger partial charge in [-0.3, -0.25) is 0 Å². The van der Waals surface area contributed by atoms with Gasteiger partial charge in [0.1, 0.15) is 5.75 Å². The van der Waals surface area contributed by atoms with E-state index in [2.05, 4.69) is 49.5 Å². The van der Waals surface area contributed by atoms with E-state index in [1.54, 1.807) is 7.05 Å². The lowest BCUT2D eigenvalue weighted by atomic mass is 10.0. The topological polar surface area (TPSA) is 52.8 Å². The predicted octanol–water partition coefficient (Wildman–Crippen LogP) is 2.84. The lowest BCUT2D eigenvalue weighted by Crippen LogP contribution is -2.01. The first kappa shape index (κ1) is 13.1. The summed E-state index contributed by atoms with van der Waals surface area (Å²) in [6.07, 6.45) is 0. The molecule has 2 aromatic carbocycles. The summed E-state index contributed by atoms with van der Waals surface area (Å²) in [5, 5.41) is 14.9. The number of aromatic nitrogens is 4. The highest BCUT2D eigenvalue weighted by Gasteiger charge is 2.09. The van der Waals surface area contributed by atoms with Crippen molar-refractivity contribution in [2.24, 2.45) is 7.05 Å². The van der Waals surface area contributed by atoms with Gasteiger partial charge < -0.3 is 4.74 Å². The van der Waals surface area contributed by atoms with Gasteiger partial charge >= 0.3 is 0 Å². The molecule has 3 aromatic rings. The number of tetrazole rings is 1. The van der Waals surface area contributed by atoms with E-state index in [4.69, 9.17) is 4.74 Å². The monoisotopic (exact) mass is 332 g/mol. The number of ether oxygens (including phenoxy) is 1. The van der Waals surface area contributed by atoms with Crippen LogP contribution >= 0.6 is 15.9 Å². The second-order valence-corrected chi connectivity index (χ2v) is 4.94. The van der Waals surface area contributed by atoms with Crippen molar-refractivity contribution in [3.8, 4) is 5.75 Å². The highest BCUT2D eigenvalue weighted by molar-refractivity contribution is 9.08. The van der Waals surface area contributed by atoms with Gasteiger partial charge in [-0.25, -0.2) is 0 Å². The maximum atomic E-state index is 5.83. The van der Waals surface area contributed by atoms with E-state index in [-0.39, 0.29) is 0 Å². The van der Waals surface area contributed by atoms with Crippen molar-refractivity contribution in [3.05, 3.63) is 47.8 Å². The molecule has 0 radical (unpaired) electrons. The summed E-state index contributed by atoms with van der Waals surface area (Å²) >= 11 is 3.53. The van der Waals surface area contributed by atoms with Crippen LogP contribution in [0.5, 0.6) is 5.75 Å². The van der Waals surface area contributed by atoms with Crippen LogP contribution in [0.15, 0.2) is 36.4 Å². The van der Waals surface area contributed by atoms with Gasteiger partial charge in [-0.2, -0.15) is 4.80 Å². The molecule has 3 rings (SSSR count). The molecule has 0 atom stereocenters. The number of hydrogen-bond donors (Lipinski definition) is 0. The smallest absolute Gasteiger partial charge is 0.212 e. The predicted molar refractivity (Wildman–Crippen MR) is 79.7 cm³/mol. The average Bonchev–Trinajstić information content (AvgIpc) is 2.90. The molecule has 6 heteroatoms. The number of alkyl halides is 1. The fraction of sp³-hybridized carbons (Fsp3) is 0.214. The highest BCUT2D eigenvalue weighted by Crippen LogP contribution is 2.30. The zero-order chi connectivity index (χ0) is 13.9. The van der Waals surface area contributed by atoms with Crippen LogP contribution in [0, 0.1) is 0 Å². The first-order valence-electron chi connectivity index (χ1n) is 6.20. The molecule has 5 nitrogen and oxygen atoms in total. The zero-order valence-corrected chi connectivity index (χ0v) is 12.5. The Hall–Kier alpha value is -1.95. The van der Waals surface area contributed by atoms with Crippen molar-refractivity contribution in [1.29, 1.82) is 0 Å². The van der Waals surface area contributed by atoms with Crippen LogP contribution < -0.4 is 4.74 Å². The van der Waals surface area contributed by atoms with E-state index < -0.39 is 0 Å². The van der Waals surface area contributed by atoms with E-state index >= 15 is 0 Å². The third kappa shape index (κ3) is 2.51. The molecule has 0 N–H and O–H groups in total. The zero-order valence-electron chi connectivity index (χ0n) is 11.0. The summed E-state index contributed by atoms with van der Waals surface area (Å²) in [4.78, 5) is 1.42. The van der Waals surface area contributed by atoms with Crippen molar-refractivity contribution < 1.29 is 4.74 Å². The first-order chi connectivity index (χ1) is 9.78. The molecule has 0 spiro atoms. The van der Waals surface area contributed by atoms with Gasteiger partial charge in [0.15, 0.2) is 6.61 Å². The second kappa shape index (κ2) is 5.58. The van der Waals surface area contributed by atoms with Crippen molar-refractivity contribution >= 4 is 26.7 Å². The Morgan fingerprint density at radius 2 is 2.05 bits per heavy atom. The van der Waals surface area contributed by atoms with Crippen LogP contribution in [0.25, 0.3) is 10.8 Å². The lowest BCUT2D eigenvalue weighted by molar-refractivity contribution is 0.293. The van der Waals surface area contributed by atoms with Crippen molar-refractivity contribution in [1.82, 2.24) is 20.2 Å². The molecular formula is C14H13BrN4O. The molecule has 102 valence electrons. The molecule has 0 aliphatic rings. The molecule has 0 bridgehead atoms. The number of rotatable bonds is 4. The summed E-state index contributed by atoms with van der Waals surface area (Å²) < 4.78 is 5.83.